The maximum Gasteiger partial charge on any atom is 0.240 e. The zero-order valence-electron chi connectivity index (χ0n) is 12.1. The van der Waals surface area contributed by atoms with E-state index >= 15 is 0 Å². The van der Waals surface area contributed by atoms with Gasteiger partial charge >= 0.3 is 0 Å². The fourth-order valence-corrected chi connectivity index (χ4v) is 3.24. The summed E-state index contributed by atoms with van der Waals surface area (Å²) >= 11 is 0. The van der Waals surface area contributed by atoms with Gasteiger partial charge in [0.25, 0.3) is 0 Å². The first-order chi connectivity index (χ1) is 9.20. The van der Waals surface area contributed by atoms with Crippen LogP contribution in [0.5, 0.6) is 0 Å². The summed E-state index contributed by atoms with van der Waals surface area (Å²) in [5, 5.41) is 0. The average Bonchev–Trinajstić information content (AvgIpc) is 2.26. The first-order valence-corrected chi connectivity index (χ1v) is 8.06. The number of primary amides is 1. The number of carbonyl (C=O) groups is 1. The molecule has 20 heavy (non-hydrogen) atoms. The second kappa shape index (κ2) is 6.85. The second-order valence-corrected chi connectivity index (χ2v) is 7.15. The summed E-state index contributed by atoms with van der Waals surface area (Å²) in [7, 11) is -3.63. The van der Waals surface area contributed by atoms with Crippen molar-refractivity contribution < 1.29 is 13.2 Å². The van der Waals surface area contributed by atoms with Crippen molar-refractivity contribution in [2.75, 3.05) is 0 Å². The molecule has 0 fully saturated rings. The summed E-state index contributed by atoms with van der Waals surface area (Å²) in [5.41, 5.74) is 6.16. The van der Waals surface area contributed by atoms with E-state index in [1.807, 2.05) is 20.8 Å². The molecule has 1 aromatic rings. The predicted octanol–water partition coefficient (Wildman–Crippen LogP) is 1.56. The van der Waals surface area contributed by atoms with Crippen LogP contribution in [-0.4, -0.2) is 20.4 Å². The maximum atomic E-state index is 12.3. The number of rotatable bonds is 7. The Balaban J connectivity index is 2.90. The van der Waals surface area contributed by atoms with Crippen molar-refractivity contribution in [3.05, 3.63) is 29.8 Å². The predicted molar refractivity (Wildman–Crippen MR) is 78.6 cm³/mol. The van der Waals surface area contributed by atoms with E-state index in [-0.39, 0.29) is 17.2 Å². The van der Waals surface area contributed by atoms with Gasteiger partial charge in [-0.25, -0.2) is 13.1 Å². The van der Waals surface area contributed by atoms with Gasteiger partial charge in [0.2, 0.25) is 15.9 Å². The Morgan fingerprint density at radius 2 is 1.80 bits per heavy atom. The smallest absolute Gasteiger partial charge is 0.240 e. The standard InChI is InChI=1S/C14H22N2O3S/c1-10(2)8-12(9-14(15)17)16-20(18,19)13-6-4-11(3)5-7-13/h4-7,10,12,16H,8-9H2,1-3H3,(H2,15,17)/t12-/m1/s1. The molecule has 0 aliphatic carbocycles. The zero-order valence-corrected chi connectivity index (χ0v) is 12.9. The molecular weight excluding hydrogens is 276 g/mol. The number of carbonyl (C=O) groups excluding carboxylic acids is 1. The second-order valence-electron chi connectivity index (χ2n) is 5.43. The van der Waals surface area contributed by atoms with Gasteiger partial charge in [-0.2, -0.15) is 0 Å². The van der Waals surface area contributed by atoms with Crippen molar-refractivity contribution in [2.45, 2.75) is 44.6 Å². The lowest BCUT2D eigenvalue weighted by Gasteiger charge is -2.19. The Morgan fingerprint density at radius 1 is 1.25 bits per heavy atom. The lowest BCUT2D eigenvalue weighted by atomic mass is 10.0. The highest BCUT2D eigenvalue weighted by molar-refractivity contribution is 7.89. The van der Waals surface area contributed by atoms with E-state index in [0.29, 0.717) is 6.42 Å². The number of nitrogens with two attached hydrogens (primary N) is 1. The van der Waals surface area contributed by atoms with Crippen LogP contribution in [0.4, 0.5) is 0 Å². The van der Waals surface area contributed by atoms with Gasteiger partial charge in [-0.3, -0.25) is 4.79 Å². The Kier molecular flexibility index (Phi) is 5.71. The van der Waals surface area contributed by atoms with Gasteiger partial charge in [-0.15, -0.1) is 0 Å². The zero-order chi connectivity index (χ0) is 15.3. The van der Waals surface area contributed by atoms with E-state index in [1.54, 1.807) is 24.3 Å². The molecule has 0 radical (unpaired) electrons. The number of nitrogens with one attached hydrogen (secondary N) is 1. The topological polar surface area (TPSA) is 89.3 Å². The van der Waals surface area contributed by atoms with Crippen molar-refractivity contribution in [1.82, 2.24) is 4.72 Å². The SMILES string of the molecule is Cc1ccc(S(=O)(=O)N[C@@H](CC(N)=O)CC(C)C)cc1. The van der Waals surface area contributed by atoms with Crippen LogP contribution in [0.3, 0.4) is 0 Å². The summed E-state index contributed by atoms with van der Waals surface area (Å²) in [6.07, 6.45) is 0.567. The molecule has 1 atom stereocenters. The third-order valence-electron chi connectivity index (χ3n) is 2.86. The molecule has 3 N–H and O–H groups in total. The first kappa shape index (κ1) is 16.7. The van der Waals surface area contributed by atoms with Crippen molar-refractivity contribution in [3.63, 3.8) is 0 Å². The minimum Gasteiger partial charge on any atom is -0.370 e. The molecule has 1 aromatic carbocycles. The molecule has 0 heterocycles. The molecule has 0 aliphatic heterocycles. The van der Waals surface area contributed by atoms with Crippen LogP contribution in [0.2, 0.25) is 0 Å². The highest BCUT2D eigenvalue weighted by atomic mass is 32.2. The van der Waals surface area contributed by atoms with Gasteiger partial charge in [0.15, 0.2) is 0 Å². The minimum absolute atomic E-state index is 0.00325. The summed E-state index contributed by atoms with van der Waals surface area (Å²) in [6.45, 7) is 5.82. The Morgan fingerprint density at radius 3 is 2.25 bits per heavy atom. The van der Waals surface area contributed by atoms with Gasteiger partial charge in [-0.1, -0.05) is 31.5 Å². The van der Waals surface area contributed by atoms with Crippen LogP contribution in [0.25, 0.3) is 0 Å². The molecular formula is C14H22N2O3S. The molecule has 0 aromatic heterocycles. The number of aryl methyl sites for hydroxylation is 1. The lowest BCUT2D eigenvalue weighted by molar-refractivity contribution is -0.118. The van der Waals surface area contributed by atoms with E-state index in [2.05, 4.69) is 4.72 Å². The highest BCUT2D eigenvalue weighted by Crippen LogP contribution is 2.14. The summed E-state index contributed by atoms with van der Waals surface area (Å²) < 4.78 is 27.1. The molecule has 0 saturated carbocycles. The van der Waals surface area contributed by atoms with Gasteiger partial charge in [0, 0.05) is 12.5 Å². The van der Waals surface area contributed by atoms with E-state index < -0.39 is 22.0 Å². The molecule has 0 saturated heterocycles. The minimum atomic E-state index is -3.63. The molecule has 0 unspecified atom stereocenters. The first-order valence-electron chi connectivity index (χ1n) is 6.58. The van der Waals surface area contributed by atoms with Crippen LogP contribution >= 0.6 is 0 Å². The average molecular weight is 298 g/mol. The van der Waals surface area contributed by atoms with Crippen molar-refractivity contribution in [1.29, 1.82) is 0 Å². The van der Waals surface area contributed by atoms with Crippen LogP contribution in [-0.2, 0) is 14.8 Å². The molecule has 5 nitrogen and oxygen atoms in total. The van der Waals surface area contributed by atoms with Gasteiger partial charge in [0.1, 0.15) is 0 Å². The third-order valence-corrected chi connectivity index (χ3v) is 4.39. The fraction of sp³-hybridized carbons (Fsp3) is 0.500. The van der Waals surface area contributed by atoms with Gasteiger partial charge in [0.05, 0.1) is 4.90 Å². The monoisotopic (exact) mass is 298 g/mol. The Bertz CT molecular complexity index is 550. The number of hydrogen-bond donors (Lipinski definition) is 2. The fourth-order valence-electron chi connectivity index (χ4n) is 1.99. The van der Waals surface area contributed by atoms with E-state index in [9.17, 15) is 13.2 Å². The number of sulfonamides is 1. The number of amides is 1. The summed E-state index contributed by atoms with van der Waals surface area (Å²) in [6, 6.07) is 6.10. The van der Waals surface area contributed by atoms with E-state index in [1.165, 1.54) is 0 Å². The van der Waals surface area contributed by atoms with Crippen molar-refractivity contribution >= 4 is 15.9 Å². The van der Waals surface area contributed by atoms with Gasteiger partial charge in [-0.05, 0) is 31.4 Å². The molecule has 0 bridgehead atoms. The molecule has 6 heteroatoms. The molecule has 0 aliphatic rings. The Hall–Kier alpha value is -1.40. The maximum absolute atomic E-state index is 12.3. The molecule has 112 valence electrons. The van der Waals surface area contributed by atoms with Crippen LogP contribution in [0.1, 0.15) is 32.3 Å². The molecule has 1 amide bonds. The highest BCUT2D eigenvalue weighted by Gasteiger charge is 2.22. The Labute approximate surface area is 120 Å². The number of hydrogen-bond acceptors (Lipinski definition) is 3. The van der Waals surface area contributed by atoms with Crippen LogP contribution < -0.4 is 10.5 Å². The van der Waals surface area contributed by atoms with E-state index in [0.717, 1.165) is 5.56 Å². The number of benzene rings is 1. The third kappa shape index (κ3) is 5.30. The van der Waals surface area contributed by atoms with Crippen molar-refractivity contribution in [2.24, 2.45) is 11.7 Å². The summed E-state index contributed by atoms with van der Waals surface area (Å²) in [5.74, 6) is -0.248. The van der Waals surface area contributed by atoms with Crippen LogP contribution in [0.15, 0.2) is 29.2 Å². The normalized spacial score (nSPS) is 13.4. The summed E-state index contributed by atoms with van der Waals surface area (Å²) in [4.78, 5) is 11.2. The molecule has 1 rings (SSSR count). The largest absolute Gasteiger partial charge is 0.370 e. The van der Waals surface area contributed by atoms with Gasteiger partial charge < -0.3 is 5.73 Å². The quantitative estimate of drug-likeness (QED) is 0.800. The lowest BCUT2D eigenvalue weighted by Crippen LogP contribution is -2.38. The molecule has 0 spiro atoms. The van der Waals surface area contributed by atoms with E-state index in [4.69, 9.17) is 5.73 Å². The van der Waals surface area contributed by atoms with Crippen molar-refractivity contribution in [3.8, 4) is 0 Å². The van der Waals surface area contributed by atoms with Crippen LogP contribution in [0, 0.1) is 12.8 Å².